The van der Waals surface area contributed by atoms with Crippen molar-refractivity contribution in [1.82, 2.24) is 13.3 Å². The van der Waals surface area contributed by atoms with Gasteiger partial charge in [-0.3, -0.25) is 0 Å². The number of hydrogen-bond acceptors (Lipinski definition) is 4. The predicted molar refractivity (Wildman–Crippen MR) is 240 cm³/mol. The number of anilines is 3. The number of hydrogen-bond donors (Lipinski definition) is 0. The second-order valence-corrected chi connectivity index (χ2v) is 15.2. The maximum Gasteiger partial charge on any atom is 0.136 e. The average Bonchev–Trinajstić information content (AvgIpc) is 3.92. The van der Waals surface area contributed by atoms with Gasteiger partial charge in [-0.15, -0.1) is 0 Å². The molecule has 0 saturated carbocycles. The lowest BCUT2D eigenvalue weighted by molar-refractivity contribution is 0.548. The molecular weight excluding hydrogens is 770 g/mol. The molecule has 0 atom stereocenters. The van der Waals surface area contributed by atoms with Crippen LogP contribution in [-0.4, -0.2) is 13.3 Å². The number of benzene rings is 9. The summed E-state index contributed by atoms with van der Waals surface area (Å²) in [6, 6.07) is 60.9. The van der Waals surface area contributed by atoms with Crippen LogP contribution in [0.25, 0.3) is 82.7 Å². The molecule has 0 spiro atoms. The van der Waals surface area contributed by atoms with Crippen LogP contribution in [0.1, 0.15) is 0 Å². The van der Waals surface area contributed by atoms with Crippen molar-refractivity contribution in [2.24, 2.45) is 0 Å². The first-order valence-corrected chi connectivity index (χ1v) is 20.2. The molecule has 11 aromatic rings. The van der Waals surface area contributed by atoms with Gasteiger partial charge in [0.1, 0.15) is 28.5 Å². The predicted octanol–water partition coefficient (Wildman–Crippen LogP) is 14.8. The summed E-state index contributed by atoms with van der Waals surface area (Å²) in [7, 11) is 0. The minimum atomic E-state index is -0.965. The Bertz CT molecular complexity index is 3370. The van der Waals surface area contributed by atoms with Crippen molar-refractivity contribution in [1.29, 1.82) is 0 Å². The van der Waals surface area contributed by atoms with E-state index in [0.717, 1.165) is 73.3 Å². The lowest BCUT2D eigenvalue weighted by atomic mass is 10.0. The quantitative estimate of drug-likeness (QED) is 0.161. The van der Waals surface area contributed by atoms with Gasteiger partial charge in [-0.2, -0.15) is 8.75 Å². The Labute approximate surface area is 347 Å². The van der Waals surface area contributed by atoms with E-state index in [2.05, 4.69) is 125 Å². The summed E-state index contributed by atoms with van der Waals surface area (Å²) in [5.41, 5.74) is 11.3. The van der Waals surface area contributed by atoms with Gasteiger partial charge in [0.25, 0.3) is 0 Å². The molecule has 0 aliphatic carbocycles. The minimum absolute atomic E-state index is 0.283. The zero-order valence-corrected chi connectivity index (χ0v) is 32.5. The van der Waals surface area contributed by atoms with Gasteiger partial charge in [0.05, 0.1) is 34.0 Å². The number of nitrogens with zero attached hydrogens (tertiary/aromatic N) is 4. The molecule has 11 rings (SSSR count). The van der Waals surface area contributed by atoms with E-state index in [4.69, 9.17) is 8.75 Å². The fourth-order valence-electron chi connectivity index (χ4n) is 8.53. The maximum absolute atomic E-state index is 14.8. The summed E-state index contributed by atoms with van der Waals surface area (Å²) in [5, 5.41) is 4.89. The first kappa shape index (κ1) is 35.6. The summed E-state index contributed by atoms with van der Waals surface area (Å²) < 4.78 is 55.5. The SMILES string of the molecule is Fc1cc(F)c(-c2ccc(N(c3ccc(-c4ccccc4)cc3)c3ccc(-c4ccc(-n5c6ccccc6c6c7ccccc7ccc65)cc4)c4nsnc34)cc2)c(F)c1. The Kier molecular flexibility index (Phi) is 8.53. The first-order valence-electron chi connectivity index (χ1n) is 19.5. The van der Waals surface area contributed by atoms with Crippen LogP contribution >= 0.6 is 11.7 Å². The summed E-state index contributed by atoms with van der Waals surface area (Å²) >= 11 is 1.15. The second kappa shape index (κ2) is 14.4. The largest absolute Gasteiger partial charge is 0.309 e. The van der Waals surface area contributed by atoms with Gasteiger partial charge in [-0.25, -0.2) is 13.2 Å². The second-order valence-electron chi connectivity index (χ2n) is 14.7. The van der Waals surface area contributed by atoms with E-state index < -0.39 is 17.5 Å². The van der Waals surface area contributed by atoms with Gasteiger partial charge in [-0.05, 0) is 93.7 Å². The van der Waals surface area contributed by atoms with Crippen LogP contribution in [0.5, 0.6) is 0 Å². The van der Waals surface area contributed by atoms with E-state index in [1.54, 1.807) is 24.3 Å². The highest BCUT2D eigenvalue weighted by atomic mass is 32.1. The highest BCUT2D eigenvalue weighted by Crippen LogP contribution is 2.43. The van der Waals surface area contributed by atoms with Crippen molar-refractivity contribution in [2.45, 2.75) is 0 Å². The van der Waals surface area contributed by atoms with Gasteiger partial charge >= 0.3 is 0 Å². The molecule has 0 fully saturated rings. The summed E-state index contributed by atoms with van der Waals surface area (Å²) in [5.74, 6) is -2.89. The smallest absolute Gasteiger partial charge is 0.136 e. The number of aromatic nitrogens is 3. The number of rotatable bonds is 7. The van der Waals surface area contributed by atoms with Crippen LogP contribution < -0.4 is 4.90 Å². The number of fused-ring (bicyclic) bond motifs is 6. The molecule has 0 saturated heterocycles. The molecule has 0 unspecified atom stereocenters. The molecule has 2 aromatic heterocycles. The van der Waals surface area contributed by atoms with E-state index in [9.17, 15) is 13.2 Å². The monoisotopic (exact) mass is 800 g/mol. The molecule has 60 heavy (non-hydrogen) atoms. The maximum atomic E-state index is 14.8. The van der Waals surface area contributed by atoms with Crippen molar-refractivity contribution in [2.75, 3.05) is 4.90 Å². The van der Waals surface area contributed by atoms with Crippen molar-refractivity contribution in [3.05, 3.63) is 206 Å². The molecule has 286 valence electrons. The molecule has 8 heteroatoms. The molecule has 0 aliphatic rings. The zero-order valence-electron chi connectivity index (χ0n) is 31.7. The summed E-state index contributed by atoms with van der Waals surface area (Å²) in [4.78, 5) is 2.07. The van der Waals surface area contributed by atoms with Crippen LogP contribution in [0.3, 0.4) is 0 Å². The highest BCUT2D eigenvalue weighted by Gasteiger charge is 2.22. The van der Waals surface area contributed by atoms with E-state index in [1.807, 2.05) is 36.4 Å². The first-order chi connectivity index (χ1) is 29.5. The molecule has 9 aromatic carbocycles. The molecule has 4 nitrogen and oxygen atoms in total. The molecule has 0 amide bonds. The molecule has 0 N–H and O–H groups in total. The third-order valence-electron chi connectivity index (χ3n) is 11.3. The van der Waals surface area contributed by atoms with Crippen LogP contribution in [0.4, 0.5) is 30.2 Å². The number of para-hydroxylation sites is 1. The van der Waals surface area contributed by atoms with E-state index >= 15 is 0 Å². The molecule has 0 aliphatic heterocycles. The Morgan fingerprint density at radius 2 is 1.07 bits per heavy atom. The van der Waals surface area contributed by atoms with Gasteiger partial charge in [0.15, 0.2) is 0 Å². The minimum Gasteiger partial charge on any atom is -0.309 e. The molecular formula is C52H31F3N4S. The Morgan fingerprint density at radius 1 is 0.467 bits per heavy atom. The van der Waals surface area contributed by atoms with Gasteiger partial charge in [0.2, 0.25) is 0 Å². The van der Waals surface area contributed by atoms with Gasteiger partial charge < -0.3 is 9.47 Å². The standard InChI is InChI=1S/C52H31F3N4S/c53-37-30-44(54)49(45(55)31-37)36-18-25-39(26-19-36)58(38-21-14-33(15-22-38)32-8-2-1-3-9-32)48-29-27-42(51-52(48)57-60-56-51)35-16-23-40(24-17-35)59-46-13-7-6-12-43(46)50-41-11-5-4-10-34(41)20-28-47(50)59/h1-31H. The van der Waals surface area contributed by atoms with Crippen molar-refractivity contribution in [3.63, 3.8) is 0 Å². The normalized spacial score (nSPS) is 11.6. The van der Waals surface area contributed by atoms with Crippen LogP contribution in [0.2, 0.25) is 0 Å². The van der Waals surface area contributed by atoms with E-state index in [1.165, 1.54) is 21.5 Å². The molecule has 0 bridgehead atoms. The fourth-order valence-corrected chi connectivity index (χ4v) is 9.10. The number of halogens is 3. The average molecular weight is 801 g/mol. The molecule has 0 radical (unpaired) electrons. The van der Waals surface area contributed by atoms with Crippen molar-refractivity contribution >= 4 is 72.4 Å². The van der Waals surface area contributed by atoms with Crippen molar-refractivity contribution < 1.29 is 13.2 Å². The van der Waals surface area contributed by atoms with E-state index in [-0.39, 0.29) is 5.56 Å². The third kappa shape index (κ3) is 5.91. The highest BCUT2D eigenvalue weighted by molar-refractivity contribution is 7.00. The van der Waals surface area contributed by atoms with E-state index in [0.29, 0.717) is 23.2 Å². The Morgan fingerprint density at radius 3 is 1.80 bits per heavy atom. The van der Waals surface area contributed by atoms with Crippen LogP contribution in [-0.2, 0) is 0 Å². The van der Waals surface area contributed by atoms with Gasteiger partial charge in [-0.1, -0.05) is 115 Å². The lowest BCUT2D eigenvalue weighted by Gasteiger charge is -2.26. The Hall–Kier alpha value is -7.55. The van der Waals surface area contributed by atoms with Crippen molar-refractivity contribution in [3.8, 4) is 39.1 Å². The Balaban J connectivity index is 1.01. The summed E-state index contributed by atoms with van der Waals surface area (Å²) in [6.45, 7) is 0. The topological polar surface area (TPSA) is 34.0 Å². The third-order valence-corrected chi connectivity index (χ3v) is 11.8. The molecule has 2 heterocycles. The summed E-state index contributed by atoms with van der Waals surface area (Å²) in [6.07, 6.45) is 0. The fraction of sp³-hybridized carbons (Fsp3) is 0. The zero-order chi connectivity index (χ0) is 40.3. The lowest BCUT2D eigenvalue weighted by Crippen LogP contribution is -2.10. The van der Waals surface area contributed by atoms with Gasteiger partial charge in [0, 0.05) is 45.5 Å². The van der Waals surface area contributed by atoms with Crippen LogP contribution in [0, 0.1) is 17.5 Å². The van der Waals surface area contributed by atoms with Crippen LogP contribution in [0.15, 0.2) is 188 Å².